The molecule has 1 rings (SSSR count). The number of rotatable bonds is 0. The minimum absolute atomic E-state index is 0.0127. The van der Waals surface area contributed by atoms with E-state index in [-0.39, 0.29) is 5.43 Å². The molecule has 0 saturated heterocycles. The van der Waals surface area contributed by atoms with Crippen LogP contribution in [-0.4, -0.2) is 16.0 Å². The fourth-order valence-corrected chi connectivity index (χ4v) is 0.773. The molecule has 48 valence electrons. The maximum absolute atomic E-state index is 10.8. The average molecular weight is 189 g/mol. The molecule has 0 fully saturated rings. The zero-order valence-electron chi connectivity index (χ0n) is 4.92. The molecule has 0 aromatic carbocycles. The zero-order chi connectivity index (χ0) is 6.85. The Morgan fingerprint density at radius 1 is 1.67 bits per heavy atom. The van der Waals surface area contributed by atoms with E-state index < -0.39 is 0 Å². The van der Waals surface area contributed by atoms with Crippen LogP contribution in [0.2, 0.25) is 0 Å². The van der Waals surface area contributed by atoms with E-state index in [9.17, 15) is 4.79 Å². The molecule has 0 saturated carbocycles. The zero-order valence-corrected chi connectivity index (χ0v) is 6.79. The Bertz CT molecular complexity index is 264. The molecule has 0 bridgehead atoms. The van der Waals surface area contributed by atoms with Gasteiger partial charge in [-0.3, -0.25) is 0 Å². The molecule has 0 amide bonds. The van der Waals surface area contributed by atoms with E-state index in [2.05, 4.69) is 16.0 Å². The van der Waals surface area contributed by atoms with Crippen molar-refractivity contribution in [3.63, 3.8) is 0 Å². The summed E-state index contributed by atoms with van der Waals surface area (Å²) in [6.07, 6.45) is 1.40. The second-order valence-corrected chi connectivity index (χ2v) is 2.63. The summed E-state index contributed by atoms with van der Waals surface area (Å²) in [5, 5.41) is 0. The second-order valence-electron chi connectivity index (χ2n) is 1.69. The number of aryl methyl sites for hydroxylation is 1. The number of hydrogen-bond donors (Lipinski definition) is 0. The van der Waals surface area contributed by atoms with Crippen LogP contribution in [0.15, 0.2) is 21.5 Å². The summed E-state index contributed by atoms with van der Waals surface area (Å²) < 4.78 is 5.55. The molecular formula is C6H6O2Se. The molecule has 0 atom stereocenters. The third-order valence-corrected chi connectivity index (χ3v) is 2.15. The average Bonchev–Trinajstić information content (AvgIpc) is 1.83. The van der Waals surface area contributed by atoms with Crippen molar-refractivity contribution in [2.24, 2.45) is 0 Å². The molecule has 0 unspecified atom stereocenters. The van der Waals surface area contributed by atoms with Crippen LogP contribution in [0.3, 0.4) is 0 Å². The van der Waals surface area contributed by atoms with E-state index in [4.69, 9.17) is 4.42 Å². The van der Waals surface area contributed by atoms with Crippen LogP contribution in [0, 0.1) is 6.92 Å². The van der Waals surface area contributed by atoms with E-state index in [1.54, 1.807) is 6.92 Å². The third-order valence-electron chi connectivity index (χ3n) is 1.03. The van der Waals surface area contributed by atoms with Crippen molar-refractivity contribution in [1.82, 2.24) is 0 Å². The Hall–Kier alpha value is -0.531. The van der Waals surface area contributed by atoms with E-state index in [0.717, 1.165) is 0 Å². The van der Waals surface area contributed by atoms with Crippen molar-refractivity contribution in [1.29, 1.82) is 0 Å². The first kappa shape index (κ1) is 6.59. The third kappa shape index (κ3) is 1.23. The Morgan fingerprint density at radius 2 is 2.33 bits per heavy atom. The Labute approximate surface area is 60.7 Å². The molecule has 0 aliphatic rings. The van der Waals surface area contributed by atoms with Gasteiger partial charge in [0, 0.05) is 0 Å². The summed E-state index contributed by atoms with van der Waals surface area (Å²) in [7, 11) is 0. The van der Waals surface area contributed by atoms with Crippen LogP contribution in [0.1, 0.15) is 5.76 Å². The monoisotopic (exact) mass is 190 g/mol. The fourth-order valence-electron chi connectivity index (χ4n) is 0.506. The van der Waals surface area contributed by atoms with E-state index in [1.807, 2.05) is 0 Å². The molecule has 3 heteroatoms. The summed E-state index contributed by atoms with van der Waals surface area (Å²) in [5.41, 5.74) is 0.0127. The van der Waals surface area contributed by atoms with Gasteiger partial charge in [-0.1, -0.05) is 0 Å². The van der Waals surface area contributed by atoms with Crippen LogP contribution < -0.4 is 9.89 Å². The van der Waals surface area contributed by atoms with Crippen LogP contribution in [0.5, 0.6) is 0 Å². The van der Waals surface area contributed by atoms with Gasteiger partial charge in [-0.05, 0) is 0 Å². The first-order valence-electron chi connectivity index (χ1n) is 2.49. The van der Waals surface area contributed by atoms with E-state index in [1.165, 1.54) is 12.3 Å². The molecule has 2 nitrogen and oxygen atoms in total. The Balaban J connectivity index is 3.43. The molecule has 9 heavy (non-hydrogen) atoms. The van der Waals surface area contributed by atoms with Crippen molar-refractivity contribution in [2.75, 3.05) is 0 Å². The summed E-state index contributed by atoms with van der Waals surface area (Å²) in [5.74, 6) is 0.669. The van der Waals surface area contributed by atoms with Gasteiger partial charge in [0.25, 0.3) is 0 Å². The van der Waals surface area contributed by atoms with Gasteiger partial charge in [0.15, 0.2) is 0 Å². The van der Waals surface area contributed by atoms with Crippen LogP contribution >= 0.6 is 0 Å². The second kappa shape index (κ2) is 2.38. The van der Waals surface area contributed by atoms with E-state index in [0.29, 0.717) is 10.2 Å². The Morgan fingerprint density at radius 3 is 2.78 bits per heavy atom. The van der Waals surface area contributed by atoms with Gasteiger partial charge < -0.3 is 0 Å². The van der Waals surface area contributed by atoms with Gasteiger partial charge in [0.2, 0.25) is 0 Å². The topological polar surface area (TPSA) is 30.2 Å². The minimum atomic E-state index is 0.0127. The molecule has 1 heterocycles. The van der Waals surface area contributed by atoms with Crippen molar-refractivity contribution in [3.05, 3.63) is 28.3 Å². The Kier molecular flexibility index (Phi) is 1.74. The quantitative estimate of drug-likeness (QED) is 0.514. The van der Waals surface area contributed by atoms with Gasteiger partial charge in [-0.25, -0.2) is 0 Å². The predicted octanol–water partition coefficient (Wildman–Crippen LogP) is -0.526. The molecule has 0 aliphatic carbocycles. The standard InChI is InChI=1S/C6H6O2Se/c1-4-6(9)5(7)2-3-8-4/h2-3,9H,1H3. The van der Waals surface area contributed by atoms with Crippen molar-refractivity contribution in [3.8, 4) is 0 Å². The van der Waals surface area contributed by atoms with E-state index >= 15 is 0 Å². The van der Waals surface area contributed by atoms with Crippen molar-refractivity contribution in [2.45, 2.75) is 6.92 Å². The van der Waals surface area contributed by atoms with Crippen molar-refractivity contribution < 1.29 is 4.42 Å². The first-order chi connectivity index (χ1) is 4.22. The summed E-state index contributed by atoms with van der Waals surface area (Å²) in [6, 6.07) is 1.40. The summed E-state index contributed by atoms with van der Waals surface area (Å²) in [6.45, 7) is 1.76. The molecular weight excluding hydrogens is 183 g/mol. The summed E-state index contributed by atoms with van der Waals surface area (Å²) in [4.78, 5) is 10.8. The van der Waals surface area contributed by atoms with Gasteiger partial charge in [-0.15, -0.1) is 0 Å². The molecule has 0 N–H and O–H groups in total. The normalized spacial score (nSPS) is 9.56. The van der Waals surface area contributed by atoms with Crippen LogP contribution in [0.4, 0.5) is 0 Å². The van der Waals surface area contributed by atoms with Crippen LogP contribution in [0.25, 0.3) is 0 Å². The molecule has 0 radical (unpaired) electrons. The van der Waals surface area contributed by atoms with Gasteiger partial charge in [0.05, 0.1) is 0 Å². The summed E-state index contributed by atoms with van der Waals surface area (Å²) >= 11 is 2.19. The number of hydrogen-bond acceptors (Lipinski definition) is 2. The van der Waals surface area contributed by atoms with Gasteiger partial charge >= 0.3 is 60.1 Å². The maximum atomic E-state index is 10.8. The SMILES string of the molecule is Cc1occc(=O)c1[SeH]. The van der Waals surface area contributed by atoms with Gasteiger partial charge in [0.1, 0.15) is 0 Å². The molecule has 1 aromatic heterocycles. The first-order valence-corrected chi connectivity index (χ1v) is 3.43. The molecule has 0 spiro atoms. The molecule has 1 aromatic rings. The van der Waals surface area contributed by atoms with Gasteiger partial charge in [-0.2, -0.15) is 0 Å². The fraction of sp³-hybridized carbons (Fsp3) is 0.167. The van der Waals surface area contributed by atoms with Crippen LogP contribution in [-0.2, 0) is 0 Å². The molecule has 0 aliphatic heterocycles. The van der Waals surface area contributed by atoms with Crippen molar-refractivity contribution >= 4 is 20.5 Å². The predicted molar refractivity (Wildman–Crippen MR) is 36.5 cm³/mol.